The summed E-state index contributed by atoms with van der Waals surface area (Å²) in [6.45, 7) is 0.707. The van der Waals surface area contributed by atoms with Gasteiger partial charge in [0.1, 0.15) is 5.82 Å². The maximum absolute atomic E-state index is 13.0. The Balaban J connectivity index is 2.39. The van der Waals surface area contributed by atoms with Crippen molar-refractivity contribution in [2.75, 3.05) is 11.4 Å². The number of halogens is 2. The Morgan fingerprint density at radius 1 is 1.43 bits per heavy atom. The molecule has 14 heavy (non-hydrogen) atoms. The van der Waals surface area contributed by atoms with Gasteiger partial charge in [0.15, 0.2) is 0 Å². The molecular formula is C10H9FINO. The van der Waals surface area contributed by atoms with Crippen molar-refractivity contribution in [3.63, 3.8) is 0 Å². The molecule has 0 N–H and O–H groups in total. The quantitative estimate of drug-likeness (QED) is 0.730. The number of carbonyl (C=O) groups excluding carboxylic acids is 1. The zero-order chi connectivity index (χ0) is 10.1. The van der Waals surface area contributed by atoms with Crippen molar-refractivity contribution in [1.29, 1.82) is 0 Å². The lowest BCUT2D eigenvalue weighted by Gasteiger charge is -2.17. The zero-order valence-corrected chi connectivity index (χ0v) is 9.62. The molecule has 0 saturated carbocycles. The Morgan fingerprint density at radius 2 is 2.21 bits per heavy atom. The summed E-state index contributed by atoms with van der Waals surface area (Å²) in [4.78, 5) is 13.1. The van der Waals surface area contributed by atoms with Crippen molar-refractivity contribution in [2.24, 2.45) is 0 Å². The molecule has 1 fully saturated rings. The summed E-state index contributed by atoms with van der Waals surface area (Å²) in [6, 6.07) is 4.52. The predicted molar refractivity (Wildman–Crippen MR) is 60.7 cm³/mol. The molecule has 1 amide bonds. The van der Waals surface area contributed by atoms with Crippen LogP contribution >= 0.6 is 22.6 Å². The van der Waals surface area contributed by atoms with Gasteiger partial charge in [0.2, 0.25) is 5.91 Å². The molecule has 0 atom stereocenters. The minimum Gasteiger partial charge on any atom is -0.311 e. The summed E-state index contributed by atoms with van der Waals surface area (Å²) in [5.41, 5.74) is 0.702. The maximum atomic E-state index is 13.0. The van der Waals surface area contributed by atoms with Gasteiger partial charge in [0, 0.05) is 16.5 Å². The Kier molecular flexibility index (Phi) is 2.71. The van der Waals surface area contributed by atoms with Crippen LogP contribution in [0.1, 0.15) is 12.8 Å². The smallest absolute Gasteiger partial charge is 0.227 e. The van der Waals surface area contributed by atoms with E-state index in [-0.39, 0.29) is 11.7 Å². The standard InChI is InChI=1S/C10H9FINO/c11-7-3-4-8(12)9(6-7)13-5-1-2-10(13)14/h3-4,6H,1-2,5H2. The summed E-state index contributed by atoms with van der Waals surface area (Å²) >= 11 is 2.12. The van der Waals surface area contributed by atoms with E-state index in [4.69, 9.17) is 0 Å². The van der Waals surface area contributed by atoms with E-state index in [0.717, 1.165) is 9.99 Å². The third-order valence-corrected chi connectivity index (χ3v) is 3.18. The van der Waals surface area contributed by atoms with Crippen LogP contribution in [0.3, 0.4) is 0 Å². The lowest BCUT2D eigenvalue weighted by molar-refractivity contribution is -0.117. The third kappa shape index (κ3) is 1.75. The fourth-order valence-corrected chi connectivity index (χ4v) is 2.22. The van der Waals surface area contributed by atoms with E-state index in [1.807, 2.05) is 0 Å². The van der Waals surface area contributed by atoms with Crippen LogP contribution in [0.25, 0.3) is 0 Å². The molecule has 0 aliphatic carbocycles. The summed E-state index contributed by atoms with van der Waals surface area (Å²) in [6.07, 6.45) is 1.44. The molecule has 1 aromatic rings. The average Bonchev–Trinajstić information content (AvgIpc) is 2.56. The van der Waals surface area contributed by atoms with Gasteiger partial charge in [-0.05, 0) is 47.2 Å². The second-order valence-electron chi connectivity index (χ2n) is 3.24. The first-order valence-corrected chi connectivity index (χ1v) is 5.52. The first kappa shape index (κ1) is 9.89. The van der Waals surface area contributed by atoms with Gasteiger partial charge in [-0.2, -0.15) is 0 Å². The SMILES string of the molecule is O=C1CCCN1c1cc(F)ccc1I. The van der Waals surface area contributed by atoms with Crippen molar-refractivity contribution in [3.05, 3.63) is 27.6 Å². The number of amides is 1. The lowest BCUT2D eigenvalue weighted by Crippen LogP contribution is -2.24. The monoisotopic (exact) mass is 305 g/mol. The molecule has 2 rings (SSSR count). The van der Waals surface area contributed by atoms with Crippen LogP contribution in [-0.2, 0) is 4.79 Å². The number of nitrogens with zero attached hydrogens (tertiary/aromatic N) is 1. The Morgan fingerprint density at radius 3 is 2.86 bits per heavy atom. The summed E-state index contributed by atoms with van der Waals surface area (Å²) in [5, 5.41) is 0. The third-order valence-electron chi connectivity index (χ3n) is 2.27. The number of benzene rings is 1. The number of hydrogen-bond acceptors (Lipinski definition) is 1. The zero-order valence-electron chi connectivity index (χ0n) is 7.46. The van der Waals surface area contributed by atoms with Crippen LogP contribution in [0, 0.1) is 9.39 Å². The molecule has 1 aromatic carbocycles. The largest absolute Gasteiger partial charge is 0.311 e. The van der Waals surface area contributed by atoms with Crippen molar-refractivity contribution in [3.8, 4) is 0 Å². The van der Waals surface area contributed by atoms with Crippen molar-refractivity contribution >= 4 is 34.2 Å². The molecule has 0 unspecified atom stereocenters. The molecule has 1 saturated heterocycles. The van der Waals surface area contributed by atoms with Gasteiger partial charge in [-0.25, -0.2) is 4.39 Å². The first-order valence-electron chi connectivity index (χ1n) is 4.44. The van der Waals surface area contributed by atoms with Crippen LogP contribution in [0.15, 0.2) is 18.2 Å². The highest BCUT2D eigenvalue weighted by Gasteiger charge is 2.23. The molecule has 1 aliphatic heterocycles. The summed E-state index contributed by atoms with van der Waals surface area (Å²) in [7, 11) is 0. The minimum atomic E-state index is -0.292. The van der Waals surface area contributed by atoms with Gasteiger partial charge in [-0.1, -0.05) is 0 Å². The molecular weight excluding hydrogens is 296 g/mol. The molecule has 0 aromatic heterocycles. The number of anilines is 1. The van der Waals surface area contributed by atoms with Crippen LogP contribution in [0.4, 0.5) is 10.1 Å². The van der Waals surface area contributed by atoms with Crippen LogP contribution in [-0.4, -0.2) is 12.5 Å². The number of hydrogen-bond donors (Lipinski definition) is 0. The van der Waals surface area contributed by atoms with E-state index >= 15 is 0 Å². The molecule has 1 aliphatic rings. The van der Waals surface area contributed by atoms with E-state index in [1.165, 1.54) is 12.1 Å². The van der Waals surface area contributed by atoms with Crippen molar-refractivity contribution in [1.82, 2.24) is 0 Å². The van der Waals surface area contributed by atoms with E-state index in [0.29, 0.717) is 18.7 Å². The van der Waals surface area contributed by atoms with Gasteiger partial charge < -0.3 is 4.90 Å². The Labute approximate surface area is 95.2 Å². The number of carbonyl (C=O) groups is 1. The van der Waals surface area contributed by atoms with Gasteiger partial charge in [-0.3, -0.25) is 4.79 Å². The Hall–Kier alpha value is -0.650. The lowest BCUT2D eigenvalue weighted by atomic mass is 10.3. The fourth-order valence-electron chi connectivity index (χ4n) is 1.60. The van der Waals surface area contributed by atoms with E-state index in [9.17, 15) is 9.18 Å². The average molecular weight is 305 g/mol. The highest BCUT2D eigenvalue weighted by atomic mass is 127. The van der Waals surface area contributed by atoms with Crippen LogP contribution < -0.4 is 4.90 Å². The topological polar surface area (TPSA) is 20.3 Å². The molecule has 1 heterocycles. The highest BCUT2D eigenvalue weighted by Crippen LogP contribution is 2.27. The maximum Gasteiger partial charge on any atom is 0.227 e. The van der Waals surface area contributed by atoms with Gasteiger partial charge in [-0.15, -0.1) is 0 Å². The van der Waals surface area contributed by atoms with Crippen molar-refractivity contribution < 1.29 is 9.18 Å². The Bertz CT molecular complexity index is 380. The molecule has 74 valence electrons. The van der Waals surface area contributed by atoms with Gasteiger partial charge in [0.25, 0.3) is 0 Å². The van der Waals surface area contributed by atoms with Gasteiger partial charge in [0.05, 0.1) is 5.69 Å². The van der Waals surface area contributed by atoms with E-state index in [1.54, 1.807) is 11.0 Å². The minimum absolute atomic E-state index is 0.0912. The molecule has 0 bridgehead atoms. The molecule has 0 spiro atoms. The molecule has 0 radical (unpaired) electrons. The van der Waals surface area contributed by atoms with Gasteiger partial charge >= 0.3 is 0 Å². The fraction of sp³-hybridized carbons (Fsp3) is 0.300. The molecule has 4 heteroatoms. The summed E-state index contributed by atoms with van der Waals surface area (Å²) in [5.74, 6) is -0.200. The van der Waals surface area contributed by atoms with Crippen molar-refractivity contribution in [2.45, 2.75) is 12.8 Å². The predicted octanol–water partition coefficient (Wildman–Crippen LogP) is 2.56. The normalized spacial score (nSPS) is 16.4. The second-order valence-corrected chi connectivity index (χ2v) is 4.41. The highest BCUT2D eigenvalue weighted by molar-refractivity contribution is 14.1. The van der Waals surface area contributed by atoms with E-state index in [2.05, 4.69) is 22.6 Å². The summed E-state index contributed by atoms with van der Waals surface area (Å²) < 4.78 is 13.9. The molecule has 2 nitrogen and oxygen atoms in total. The number of rotatable bonds is 1. The first-order chi connectivity index (χ1) is 6.68. The second kappa shape index (κ2) is 3.84. The van der Waals surface area contributed by atoms with Crippen LogP contribution in [0.5, 0.6) is 0 Å². The van der Waals surface area contributed by atoms with E-state index < -0.39 is 0 Å². The van der Waals surface area contributed by atoms with Crippen LogP contribution in [0.2, 0.25) is 0 Å².